The first-order valence-corrected chi connectivity index (χ1v) is 8.37. The van der Waals surface area contributed by atoms with Crippen LogP contribution in [0.3, 0.4) is 0 Å². The molecule has 0 N–H and O–H groups in total. The molecule has 17 heavy (non-hydrogen) atoms. The number of rotatable bonds is 2. The quantitative estimate of drug-likeness (QED) is 0.778. The second kappa shape index (κ2) is 3.74. The summed E-state index contributed by atoms with van der Waals surface area (Å²) < 4.78 is 24.6. The van der Waals surface area contributed by atoms with Crippen molar-refractivity contribution in [2.24, 2.45) is 0 Å². The summed E-state index contributed by atoms with van der Waals surface area (Å²) >= 11 is 1.56. The van der Waals surface area contributed by atoms with Gasteiger partial charge in [-0.15, -0.1) is 0 Å². The first kappa shape index (κ1) is 11.1. The Bertz CT molecular complexity index is 664. The standard InChI is InChI=1S/C11H12N2O2S2/c1-16-11-12-9-4-2-3-5-10(9)13(11)8-6-17(14,15)7-8/h2-5,8H,6-7H2,1H3. The molecule has 0 radical (unpaired) electrons. The lowest BCUT2D eigenvalue weighted by Gasteiger charge is -2.28. The maximum absolute atomic E-state index is 11.3. The van der Waals surface area contributed by atoms with Crippen molar-refractivity contribution in [3.05, 3.63) is 24.3 Å². The molecule has 0 aliphatic carbocycles. The Balaban J connectivity index is 2.14. The minimum atomic E-state index is -2.81. The number of nitrogens with zero attached hydrogens (tertiary/aromatic N) is 2. The van der Waals surface area contributed by atoms with Gasteiger partial charge in [-0.25, -0.2) is 13.4 Å². The van der Waals surface area contributed by atoms with Crippen LogP contribution < -0.4 is 0 Å². The molecule has 90 valence electrons. The zero-order valence-corrected chi connectivity index (χ0v) is 11.0. The summed E-state index contributed by atoms with van der Waals surface area (Å²) in [6.07, 6.45) is 1.96. The molecule has 0 atom stereocenters. The van der Waals surface area contributed by atoms with Crippen LogP contribution in [0.2, 0.25) is 0 Å². The second-order valence-corrected chi connectivity index (χ2v) is 7.12. The molecule has 1 aromatic carbocycles. The molecule has 3 rings (SSSR count). The third-order valence-corrected chi connectivity index (χ3v) is 5.44. The van der Waals surface area contributed by atoms with E-state index in [1.165, 1.54) is 0 Å². The average Bonchev–Trinajstić information content (AvgIpc) is 2.63. The van der Waals surface area contributed by atoms with Crippen LogP contribution in [0.25, 0.3) is 11.0 Å². The van der Waals surface area contributed by atoms with Gasteiger partial charge in [0.25, 0.3) is 0 Å². The highest BCUT2D eigenvalue weighted by Gasteiger charge is 2.36. The molecule has 1 aromatic heterocycles. The van der Waals surface area contributed by atoms with Crippen LogP contribution in [0.15, 0.2) is 29.4 Å². The van der Waals surface area contributed by atoms with E-state index in [0.717, 1.165) is 16.2 Å². The van der Waals surface area contributed by atoms with Crippen molar-refractivity contribution in [2.75, 3.05) is 17.8 Å². The van der Waals surface area contributed by atoms with Crippen molar-refractivity contribution in [1.29, 1.82) is 0 Å². The fraction of sp³-hybridized carbons (Fsp3) is 0.364. The summed E-state index contributed by atoms with van der Waals surface area (Å²) in [5.74, 6) is 0.474. The monoisotopic (exact) mass is 268 g/mol. The van der Waals surface area contributed by atoms with Crippen molar-refractivity contribution in [3.8, 4) is 0 Å². The Kier molecular flexibility index (Phi) is 2.45. The lowest BCUT2D eigenvalue weighted by Crippen LogP contribution is -2.38. The zero-order valence-electron chi connectivity index (χ0n) is 9.33. The van der Waals surface area contributed by atoms with Gasteiger partial charge in [-0.2, -0.15) is 0 Å². The number of para-hydroxylation sites is 2. The maximum atomic E-state index is 11.3. The molecule has 1 fully saturated rings. The number of fused-ring (bicyclic) bond motifs is 1. The van der Waals surface area contributed by atoms with Gasteiger partial charge in [0.1, 0.15) is 0 Å². The first-order valence-electron chi connectivity index (χ1n) is 5.32. The Hall–Kier alpha value is -1.01. The summed E-state index contributed by atoms with van der Waals surface area (Å²) in [5, 5.41) is 0.895. The van der Waals surface area contributed by atoms with Crippen molar-refractivity contribution < 1.29 is 8.42 Å². The molecule has 0 unspecified atom stereocenters. The van der Waals surface area contributed by atoms with E-state index in [1.807, 2.05) is 30.5 Å². The van der Waals surface area contributed by atoms with Gasteiger partial charge in [0, 0.05) is 0 Å². The van der Waals surface area contributed by atoms with Crippen LogP contribution >= 0.6 is 11.8 Å². The molecule has 6 heteroatoms. The third kappa shape index (κ3) is 1.75. The first-order chi connectivity index (χ1) is 8.11. The van der Waals surface area contributed by atoms with E-state index < -0.39 is 9.84 Å². The van der Waals surface area contributed by atoms with Crippen molar-refractivity contribution in [2.45, 2.75) is 11.2 Å². The van der Waals surface area contributed by atoms with Gasteiger partial charge in [-0.3, -0.25) is 0 Å². The fourth-order valence-electron chi connectivity index (χ4n) is 2.21. The Morgan fingerprint density at radius 2 is 2.06 bits per heavy atom. The topological polar surface area (TPSA) is 52.0 Å². The SMILES string of the molecule is CSc1nc2ccccc2n1C1CS(=O)(=O)C1. The van der Waals surface area contributed by atoms with Gasteiger partial charge < -0.3 is 4.57 Å². The van der Waals surface area contributed by atoms with Gasteiger partial charge in [0.15, 0.2) is 15.0 Å². The molecular weight excluding hydrogens is 256 g/mol. The van der Waals surface area contributed by atoms with Gasteiger partial charge in [-0.05, 0) is 18.4 Å². The lowest BCUT2D eigenvalue weighted by atomic mass is 10.3. The van der Waals surface area contributed by atoms with Crippen LogP contribution in [0.1, 0.15) is 6.04 Å². The highest BCUT2D eigenvalue weighted by Crippen LogP contribution is 2.32. The zero-order chi connectivity index (χ0) is 12.0. The number of aromatic nitrogens is 2. The lowest BCUT2D eigenvalue weighted by molar-refractivity contribution is 0.493. The van der Waals surface area contributed by atoms with Crippen LogP contribution in [-0.2, 0) is 9.84 Å². The van der Waals surface area contributed by atoms with E-state index in [0.29, 0.717) is 0 Å². The van der Waals surface area contributed by atoms with E-state index in [1.54, 1.807) is 11.8 Å². The smallest absolute Gasteiger partial charge is 0.169 e. The number of benzene rings is 1. The van der Waals surface area contributed by atoms with Crippen LogP contribution in [0, 0.1) is 0 Å². The van der Waals surface area contributed by atoms with Crippen molar-refractivity contribution >= 4 is 32.6 Å². The highest BCUT2D eigenvalue weighted by molar-refractivity contribution is 7.98. The summed E-state index contributed by atoms with van der Waals surface area (Å²) in [5.41, 5.74) is 1.96. The number of thioether (sulfide) groups is 1. The van der Waals surface area contributed by atoms with Gasteiger partial charge in [0.05, 0.1) is 28.6 Å². The van der Waals surface area contributed by atoms with Crippen molar-refractivity contribution in [3.63, 3.8) is 0 Å². The van der Waals surface area contributed by atoms with Crippen molar-refractivity contribution in [1.82, 2.24) is 9.55 Å². The molecule has 0 spiro atoms. The molecule has 2 aromatic rings. The third-order valence-electron chi connectivity index (χ3n) is 3.00. The Morgan fingerprint density at radius 1 is 1.35 bits per heavy atom. The summed E-state index contributed by atoms with van der Waals surface area (Å²) in [4.78, 5) is 4.51. The largest absolute Gasteiger partial charge is 0.314 e. The van der Waals surface area contributed by atoms with Gasteiger partial charge in [-0.1, -0.05) is 23.9 Å². The van der Waals surface area contributed by atoms with E-state index in [9.17, 15) is 8.42 Å². The molecule has 2 heterocycles. The average molecular weight is 268 g/mol. The maximum Gasteiger partial charge on any atom is 0.169 e. The van der Waals surface area contributed by atoms with Crippen LogP contribution in [0.4, 0.5) is 0 Å². The van der Waals surface area contributed by atoms with Crippen LogP contribution in [0.5, 0.6) is 0 Å². The minimum Gasteiger partial charge on any atom is -0.314 e. The van der Waals surface area contributed by atoms with E-state index in [4.69, 9.17) is 0 Å². The van der Waals surface area contributed by atoms with E-state index in [-0.39, 0.29) is 17.5 Å². The second-order valence-electron chi connectivity index (χ2n) is 4.19. The summed E-state index contributed by atoms with van der Waals surface area (Å²) in [6.45, 7) is 0. The molecule has 4 nitrogen and oxygen atoms in total. The van der Waals surface area contributed by atoms with E-state index in [2.05, 4.69) is 9.55 Å². The number of imidazole rings is 1. The molecule has 0 saturated carbocycles. The van der Waals surface area contributed by atoms with Gasteiger partial charge >= 0.3 is 0 Å². The van der Waals surface area contributed by atoms with E-state index >= 15 is 0 Å². The minimum absolute atomic E-state index is 0.0508. The predicted molar refractivity (Wildman–Crippen MR) is 69.2 cm³/mol. The van der Waals surface area contributed by atoms with Gasteiger partial charge in [0.2, 0.25) is 0 Å². The summed E-state index contributed by atoms with van der Waals surface area (Å²) in [7, 11) is -2.81. The molecule has 1 saturated heterocycles. The Morgan fingerprint density at radius 3 is 2.71 bits per heavy atom. The van der Waals surface area contributed by atoms with Crippen LogP contribution in [-0.4, -0.2) is 35.7 Å². The molecule has 0 bridgehead atoms. The molecule has 1 aliphatic heterocycles. The normalized spacial score (nSPS) is 19.4. The highest BCUT2D eigenvalue weighted by atomic mass is 32.2. The summed E-state index contributed by atoms with van der Waals surface area (Å²) in [6, 6.07) is 7.90. The number of sulfone groups is 1. The molecule has 0 amide bonds. The number of hydrogen-bond donors (Lipinski definition) is 0. The number of hydrogen-bond acceptors (Lipinski definition) is 4. The molecule has 1 aliphatic rings. The fourth-order valence-corrected chi connectivity index (χ4v) is 4.21. The predicted octanol–water partition coefficient (Wildman–Crippen LogP) is 1.73. The Labute approximate surface area is 104 Å². The molecular formula is C11H12N2O2S2.